The van der Waals surface area contributed by atoms with Crippen LogP contribution in [0.15, 0.2) is 42.5 Å². The van der Waals surface area contributed by atoms with Gasteiger partial charge in [0.15, 0.2) is 5.82 Å². The number of phenols is 1. The summed E-state index contributed by atoms with van der Waals surface area (Å²) >= 11 is 6.00. The number of hydrogen-bond donors (Lipinski definition) is 1. The highest BCUT2D eigenvalue weighted by Crippen LogP contribution is 2.27. The topological polar surface area (TPSA) is 63.8 Å². The Balaban J connectivity index is 2.03. The van der Waals surface area contributed by atoms with Crippen molar-refractivity contribution in [3.63, 3.8) is 0 Å². The Morgan fingerprint density at radius 1 is 1.14 bits per heavy atom. The van der Waals surface area contributed by atoms with Crippen molar-refractivity contribution >= 4 is 11.6 Å². The second-order valence-corrected chi connectivity index (χ2v) is 4.78. The summed E-state index contributed by atoms with van der Waals surface area (Å²) in [6.07, 6.45) is 0. The first kappa shape index (κ1) is 13.5. The van der Waals surface area contributed by atoms with Crippen molar-refractivity contribution in [3.8, 4) is 17.1 Å². The summed E-state index contributed by atoms with van der Waals surface area (Å²) in [6, 6.07) is 11.1. The molecule has 2 aromatic carbocycles. The van der Waals surface area contributed by atoms with Gasteiger partial charge in [-0.1, -0.05) is 29.8 Å². The van der Waals surface area contributed by atoms with Crippen LogP contribution in [-0.2, 0) is 6.54 Å². The van der Waals surface area contributed by atoms with Crippen LogP contribution in [0.4, 0.5) is 4.39 Å². The molecule has 1 N–H and O–H groups in total. The van der Waals surface area contributed by atoms with E-state index in [0.29, 0.717) is 22.0 Å². The maximum absolute atomic E-state index is 13.8. The molecule has 0 unspecified atom stereocenters. The minimum absolute atomic E-state index is 0.0492. The van der Waals surface area contributed by atoms with Crippen molar-refractivity contribution in [1.29, 1.82) is 0 Å². The van der Waals surface area contributed by atoms with E-state index in [-0.39, 0.29) is 12.3 Å². The summed E-state index contributed by atoms with van der Waals surface area (Å²) in [7, 11) is 0. The first-order chi connectivity index (χ1) is 10.2. The Morgan fingerprint density at radius 2 is 1.95 bits per heavy atom. The second-order valence-electron chi connectivity index (χ2n) is 4.38. The fourth-order valence-electron chi connectivity index (χ4n) is 2.00. The minimum atomic E-state index is -0.429. The molecule has 5 nitrogen and oxygen atoms in total. The average molecular weight is 305 g/mol. The molecule has 0 aliphatic heterocycles. The van der Waals surface area contributed by atoms with Crippen LogP contribution in [0.5, 0.6) is 5.75 Å². The lowest BCUT2D eigenvalue weighted by atomic mass is 10.1. The molecule has 3 aromatic rings. The molecule has 0 aliphatic carbocycles. The van der Waals surface area contributed by atoms with Gasteiger partial charge >= 0.3 is 0 Å². The third-order valence-electron chi connectivity index (χ3n) is 3.05. The lowest BCUT2D eigenvalue weighted by Gasteiger charge is -2.08. The zero-order valence-corrected chi connectivity index (χ0v) is 11.5. The smallest absolute Gasteiger partial charge is 0.186 e. The van der Waals surface area contributed by atoms with Crippen molar-refractivity contribution in [2.75, 3.05) is 0 Å². The Morgan fingerprint density at radius 3 is 2.71 bits per heavy atom. The molecule has 0 amide bonds. The summed E-state index contributed by atoms with van der Waals surface area (Å²) in [5, 5.41) is 21.5. The van der Waals surface area contributed by atoms with Crippen molar-refractivity contribution < 1.29 is 9.50 Å². The lowest BCUT2D eigenvalue weighted by molar-refractivity contribution is 0.476. The Hall–Kier alpha value is -2.47. The molecule has 0 radical (unpaired) electrons. The largest absolute Gasteiger partial charge is 0.507 e. The molecule has 0 bridgehead atoms. The fraction of sp³-hybridized carbons (Fsp3) is 0.0714. The van der Waals surface area contributed by atoms with E-state index < -0.39 is 5.82 Å². The van der Waals surface area contributed by atoms with Gasteiger partial charge in [-0.05, 0) is 34.7 Å². The van der Waals surface area contributed by atoms with Gasteiger partial charge in [0, 0.05) is 10.6 Å². The van der Waals surface area contributed by atoms with Gasteiger partial charge in [0.1, 0.15) is 11.6 Å². The van der Waals surface area contributed by atoms with E-state index in [1.165, 1.54) is 22.9 Å². The van der Waals surface area contributed by atoms with Gasteiger partial charge in [-0.15, -0.1) is 5.10 Å². The van der Waals surface area contributed by atoms with E-state index in [2.05, 4.69) is 15.5 Å². The zero-order chi connectivity index (χ0) is 14.8. The lowest BCUT2D eigenvalue weighted by Crippen LogP contribution is -2.07. The molecule has 106 valence electrons. The van der Waals surface area contributed by atoms with Crippen LogP contribution in [-0.4, -0.2) is 25.3 Å². The molecule has 1 heterocycles. The highest BCUT2D eigenvalue weighted by Gasteiger charge is 2.15. The fourth-order valence-corrected chi connectivity index (χ4v) is 2.22. The van der Waals surface area contributed by atoms with Crippen LogP contribution in [0.2, 0.25) is 5.02 Å². The van der Waals surface area contributed by atoms with Gasteiger partial charge in [-0.2, -0.15) is 0 Å². The van der Waals surface area contributed by atoms with Crippen LogP contribution in [0.1, 0.15) is 5.56 Å². The van der Waals surface area contributed by atoms with Crippen molar-refractivity contribution in [2.24, 2.45) is 0 Å². The number of hydrogen-bond acceptors (Lipinski definition) is 4. The quantitative estimate of drug-likeness (QED) is 0.808. The highest BCUT2D eigenvalue weighted by atomic mass is 35.5. The average Bonchev–Trinajstić information content (AvgIpc) is 2.92. The first-order valence-corrected chi connectivity index (χ1v) is 6.52. The Bertz CT molecular complexity index is 770. The number of tetrazole rings is 1. The number of aromatic nitrogens is 4. The van der Waals surface area contributed by atoms with Crippen LogP contribution in [0.25, 0.3) is 11.4 Å². The molecule has 3 rings (SSSR count). The molecule has 0 saturated heterocycles. The van der Waals surface area contributed by atoms with Crippen molar-refractivity contribution in [1.82, 2.24) is 20.2 Å². The second kappa shape index (κ2) is 5.49. The number of para-hydroxylation sites is 1. The summed E-state index contributed by atoms with van der Waals surface area (Å²) in [5.41, 5.74) is 0.762. The van der Waals surface area contributed by atoms with E-state index in [0.717, 1.165) is 0 Å². The number of benzene rings is 2. The third-order valence-corrected chi connectivity index (χ3v) is 3.40. The molecular weight excluding hydrogens is 295 g/mol. The van der Waals surface area contributed by atoms with Crippen LogP contribution >= 0.6 is 11.6 Å². The summed E-state index contributed by atoms with van der Waals surface area (Å²) < 4.78 is 15.2. The molecule has 0 spiro atoms. The predicted octanol–water partition coefficient (Wildman–Crippen LogP) is 2.89. The van der Waals surface area contributed by atoms with E-state index in [1.807, 2.05) is 0 Å². The maximum Gasteiger partial charge on any atom is 0.186 e. The van der Waals surface area contributed by atoms with E-state index in [9.17, 15) is 9.50 Å². The van der Waals surface area contributed by atoms with Gasteiger partial charge in [0.25, 0.3) is 0 Å². The zero-order valence-electron chi connectivity index (χ0n) is 10.7. The summed E-state index contributed by atoms with van der Waals surface area (Å²) in [5.74, 6) is -0.0400. The van der Waals surface area contributed by atoms with Crippen LogP contribution in [0, 0.1) is 5.82 Å². The minimum Gasteiger partial charge on any atom is -0.507 e. The van der Waals surface area contributed by atoms with Crippen molar-refractivity contribution in [2.45, 2.75) is 6.54 Å². The molecule has 0 fully saturated rings. The van der Waals surface area contributed by atoms with E-state index in [4.69, 9.17) is 11.6 Å². The number of halogens is 2. The predicted molar refractivity (Wildman–Crippen MR) is 75.4 cm³/mol. The Labute approximate surface area is 124 Å². The first-order valence-electron chi connectivity index (χ1n) is 6.14. The summed E-state index contributed by atoms with van der Waals surface area (Å²) in [6.45, 7) is 0.0716. The van der Waals surface area contributed by atoms with Gasteiger partial charge in [-0.3, -0.25) is 0 Å². The normalized spacial score (nSPS) is 10.8. The molecule has 0 saturated carbocycles. The number of rotatable bonds is 3. The monoisotopic (exact) mass is 304 g/mol. The van der Waals surface area contributed by atoms with Gasteiger partial charge < -0.3 is 5.11 Å². The Kier molecular flexibility index (Phi) is 3.53. The molecule has 7 heteroatoms. The van der Waals surface area contributed by atoms with Gasteiger partial charge in [0.2, 0.25) is 0 Å². The SMILES string of the molecule is Oc1ccccc1-c1nnnn1Cc1c(F)cccc1Cl. The third kappa shape index (κ3) is 2.57. The molecule has 21 heavy (non-hydrogen) atoms. The molecule has 0 aliphatic rings. The van der Waals surface area contributed by atoms with Crippen molar-refractivity contribution in [3.05, 3.63) is 58.9 Å². The number of aromatic hydroxyl groups is 1. The van der Waals surface area contributed by atoms with Crippen LogP contribution in [0.3, 0.4) is 0 Å². The maximum atomic E-state index is 13.8. The van der Waals surface area contributed by atoms with Crippen LogP contribution < -0.4 is 0 Å². The number of nitrogens with zero attached hydrogens (tertiary/aromatic N) is 4. The molecular formula is C14H10ClFN4O. The number of phenolic OH excluding ortho intramolecular Hbond substituents is 1. The van der Waals surface area contributed by atoms with Gasteiger partial charge in [0.05, 0.1) is 12.1 Å². The highest BCUT2D eigenvalue weighted by molar-refractivity contribution is 6.31. The summed E-state index contributed by atoms with van der Waals surface area (Å²) in [4.78, 5) is 0. The van der Waals surface area contributed by atoms with E-state index >= 15 is 0 Å². The van der Waals surface area contributed by atoms with Gasteiger partial charge in [-0.25, -0.2) is 9.07 Å². The molecule has 1 aromatic heterocycles. The standard InChI is InChI=1S/C14H10ClFN4O/c15-11-5-3-6-12(16)10(11)8-20-14(17-18-19-20)9-4-1-2-7-13(9)21/h1-7,21H,8H2. The molecule has 0 atom stereocenters. The van der Waals surface area contributed by atoms with E-state index in [1.54, 1.807) is 24.3 Å².